The quantitative estimate of drug-likeness (QED) is 0.137. The largest absolute Gasteiger partial charge is 0.410 e. The fraction of sp³-hybridized carbons (Fsp3) is 0.586. The summed E-state index contributed by atoms with van der Waals surface area (Å²) in [5, 5.41) is 11.4. The molecule has 1 unspecified atom stereocenters. The van der Waals surface area contributed by atoms with E-state index in [2.05, 4.69) is 51.6 Å². The van der Waals surface area contributed by atoms with Crippen molar-refractivity contribution in [1.29, 1.82) is 0 Å². The smallest absolute Gasteiger partial charge is 0.192 e. The van der Waals surface area contributed by atoms with E-state index >= 15 is 0 Å². The van der Waals surface area contributed by atoms with Crippen molar-refractivity contribution in [2.75, 3.05) is 7.05 Å². The van der Waals surface area contributed by atoms with Crippen LogP contribution in [-0.2, 0) is 14.2 Å². The van der Waals surface area contributed by atoms with Gasteiger partial charge in [0.25, 0.3) is 0 Å². The second kappa shape index (κ2) is 15.6. The normalized spacial score (nSPS) is 17.2. The van der Waals surface area contributed by atoms with E-state index in [1.807, 2.05) is 55.5 Å². The van der Waals surface area contributed by atoms with E-state index in [-0.39, 0.29) is 17.9 Å². The first-order valence-electron chi connectivity index (χ1n) is 13.2. The molecule has 0 aliphatic rings. The molecule has 0 aromatic heterocycles. The zero-order valence-corrected chi connectivity index (χ0v) is 24.9. The van der Waals surface area contributed by atoms with E-state index in [0.717, 1.165) is 31.0 Å². The van der Waals surface area contributed by atoms with Crippen LogP contribution in [0.15, 0.2) is 75.4 Å². The number of rotatable bonds is 16. The van der Waals surface area contributed by atoms with Crippen LogP contribution >= 0.6 is 0 Å². The third kappa shape index (κ3) is 8.55. The first kappa shape index (κ1) is 31.6. The molecule has 4 atom stereocenters. The molecule has 0 bridgehead atoms. The summed E-state index contributed by atoms with van der Waals surface area (Å²) in [4.78, 5) is 1.13. The molecule has 0 spiro atoms. The molecule has 0 saturated heterocycles. The maximum Gasteiger partial charge on any atom is 0.192 e. The second-order valence-electron chi connectivity index (χ2n) is 9.50. The minimum Gasteiger partial charge on any atom is -0.410 e. The van der Waals surface area contributed by atoms with E-state index in [0.29, 0.717) is 16.2 Å². The Labute approximate surface area is 216 Å². The third-order valence-electron chi connectivity index (χ3n) is 7.06. The lowest BCUT2D eigenvalue weighted by molar-refractivity contribution is 0.158. The van der Waals surface area contributed by atoms with Crippen molar-refractivity contribution in [3.8, 4) is 0 Å². The van der Waals surface area contributed by atoms with Gasteiger partial charge in [-0.15, -0.1) is 6.58 Å². The summed E-state index contributed by atoms with van der Waals surface area (Å²) in [5.41, 5.74) is 0. The molecule has 1 aromatic carbocycles. The Morgan fingerprint density at radius 3 is 2.23 bits per heavy atom. The highest BCUT2D eigenvalue weighted by molar-refractivity contribution is 7.97. The summed E-state index contributed by atoms with van der Waals surface area (Å²) in [6.45, 7) is 16.9. The van der Waals surface area contributed by atoms with Crippen molar-refractivity contribution < 1.29 is 13.7 Å². The van der Waals surface area contributed by atoms with Crippen molar-refractivity contribution in [3.63, 3.8) is 0 Å². The van der Waals surface area contributed by atoms with E-state index < -0.39 is 24.2 Å². The topological polar surface area (TPSA) is 58.9 Å². The van der Waals surface area contributed by atoms with Gasteiger partial charge in [-0.2, -0.15) is 0 Å². The molecule has 198 valence electrons. The lowest BCUT2D eigenvalue weighted by Crippen LogP contribution is -2.42. The van der Waals surface area contributed by atoms with Gasteiger partial charge in [-0.25, -0.2) is 8.57 Å². The molecule has 0 aliphatic carbocycles. The number of allylic oxidation sites excluding steroid dienone is 2. The van der Waals surface area contributed by atoms with Gasteiger partial charge in [0.1, 0.15) is 9.73 Å². The lowest BCUT2D eigenvalue weighted by atomic mass is 9.89. The van der Waals surface area contributed by atoms with Gasteiger partial charge >= 0.3 is 0 Å². The highest BCUT2D eigenvalue weighted by Gasteiger charge is 2.36. The lowest BCUT2D eigenvalue weighted by Gasteiger charge is -2.37. The maximum absolute atomic E-state index is 14.5. The molecule has 0 amide bonds. The Balaban J connectivity index is 3.73. The SMILES string of the molecule is C=CCCC[C@H](O)/C(=C\[C@@H](C(C)C)[C@H](/C=C/C)O[Si](CC)(CC)CC)S(=O)(=NC)c1ccccc1. The molecule has 0 radical (unpaired) electrons. The third-order valence-corrected chi connectivity index (χ3v) is 14.2. The molecule has 0 fully saturated rings. The fourth-order valence-corrected chi connectivity index (χ4v) is 9.38. The Morgan fingerprint density at radius 1 is 1.17 bits per heavy atom. The van der Waals surface area contributed by atoms with Crippen LogP contribution in [0.25, 0.3) is 0 Å². The Bertz CT molecular complexity index is 920. The predicted molar refractivity (Wildman–Crippen MR) is 155 cm³/mol. The molecule has 1 aromatic rings. The van der Waals surface area contributed by atoms with Crippen molar-refractivity contribution in [3.05, 3.63) is 66.1 Å². The van der Waals surface area contributed by atoms with E-state index in [1.54, 1.807) is 7.05 Å². The summed E-state index contributed by atoms with van der Waals surface area (Å²) in [7, 11) is -3.29. The molecule has 0 heterocycles. The van der Waals surface area contributed by atoms with Gasteiger partial charge in [0.15, 0.2) is 8.32 Å². The number of hydrogen-bond acceptors (Lipinski definition) is 4. The molecule has 1 N–H and O–H groups in total. The Hall–Kier alpha value is -1.47. The highest BCUT2D eigenvalue weighted by Crippen LogP contribution is 2.34. The highest BCUT2D eigenvalue weighted by atomic mass is 32.2. The Kier molecular flexibility index (Phi) is 14.1. The number of unbranched alkanes of at least 4 members (excludes halogenated alkanes) is 1. The van der Waals surface area contributed by atoms with Crippen LogP contribution in [0.2, 0.25) is 18.1 Å². The minimum atomic E-state index is -2.98. The molecule has 0 aliphatic heterocycles. The van der Waals surface area contributed by atoms with Gasteiger partial charge in [-0.3, -0.25) is 0 Å². The van der Waals surface area contributed by atoms with Gasteiger partial charge in [-0.1, -0.05) is 77.1 Å². The van der Waals surface area contributed by atoms with Gasteiger partial charge in [-0.05, 0) is 62.4 Å². The average Bonchev–Trinajstić information content (AvgIpc) is 2.87. The zero-order valence-electron chi connectivity index (χ0n) is 23.1. The maximum atomic E-state index is 14.5. The van der Waals surface area contributed by atoms with Crippen LogP contribution < -0.4 is 0 Å². The summed E-state index contributed by atoms with van der Waals surface area (Å²) in [6.07, 6.45) is 9.16. The average molecular weight is 520 g/mol. The molecule has 35 heavy (non-hydrogen) atoms. The molecular weight excluding hydrogens is 470 g/mol. The monoisotopic (exact) mass is 519 g/mol. The molecule has 4 nitrogen and oxygen atoms in total. The first-order chi connectivity index (χ1) is 16.7. The summed E-state index contributed by atoms with van der Waals surface area (Å²) in [5.74, 6) is 0.179. The molecule has 0 saturated carbocycles. The fourth-order valence-electron chi connectivity index (χ4n) is 4.52. The summed E-state index contributed by atoms with van der Waals surface area (Å²) >= 11 is 0. The standard InChI is InChI=1S/C29H49NO3SSi/c1-9-14-16-22-27(31)29(34(32,30-8)25-20-17-15-18-21-25)23-26(24(6)7)28(19-10-2)33-35(11-3,12-4)13-5/h9-10,15,17-21,23-24,26-28,31H,1,11-14,16,22H2,2-8H3/b19-10+,29-23+/t26-,27-,28-,34?/m0/s1. The first-order valence-corrected chi connectivity index (χ1v) is 17.2. The van der Waals surface area contributed by atoms with Gasteiger partial charge in [0, 0.05) is 13.0 Å². The van der Waals surface area contributed by atoms with Gasteiger partial charge < -0.3 is 9.53 Å². The molecule has 1 rings (SSSR count). The number of hydrogen-bond donors (Lipinski definition) is 1. The van der Waals surface area contributed by atoms with Crippen molar-refractivity contribution in [2.24, 2.45) is 16.2 Å². The Morgan fingerprint density at radius 2 is 1.77 bits per heavy atom. The number of nitrogens with zero attached hydrogens (tertiary/aromatic N) is 1. The van der Waals surface area contributed by atoms with Crippen molar-refractivity contribution >= 4 is 18.0 Å². The number of aliphatic hydroxyl groups is 1. The summed E-state index contributed by atoms with van der Waals surface area (Å²) < 4.78 is 25.8. The van der Waals surface area contributed by atoms with Crippen molar-refractivity contribution in [2.45, 2.75) is 96.0 Å². The van der Waals surface area contributed by atoms with Gasteiger partial charge in [0.05, 0.1) is 22.0 Å². The zero-order chi connectivity index (χ0) is 26.5. The van der Waals surface area contributed by atoms with E-state index in [1.165, 1.54) is 0 Å². The van der Waals surface area contributed by atoms with Crippen LogP contribution in [0.4, 0.5) is 0 Å². The van der Waals surface area contributed by atoms with E-state index in [9.17, 15) is 9.32 Å². The van der Waals surface area contributed by atoms with Gasteiger partial charge in [0.2, 0.25) is 0 Å². The number of aliphatic hydroxyl groups excluding tert-OH is 1. The van der Waals surface area contributed by atoms with Crippen molar-refractivity contribution in [1.82, 2.24) is 0 Å². The van der Waals surface area contributed by atoms with Crippen LogP contribution in [-0.4, -0.2) is 36.9 Å². The predicted octanol–water partition coefficient (Wildman–Crippen LogP) is 7.98. The van der Waals surface area contributed by atoms with Crippen LogP contribution in [0, 0.1) is 11.8 Å². The number of benzene rings is 1. The second-order valence-corrected chi connectivity index (χ2v) is 16.6. The summed E-state index contributed by atoms with van der Waals surface area (Å²) in [6, 6.07) is 12.5. The van der Waals surface area contributed by atoms with Crippen LogP contribution in [0.1, 0.15) is 60.8 Å². The molecule has 6 heteroatoms. The molecular formula is C29H49NO3SSi. The van der Waals surface area contributed by atoms with Crippen LogP contribution in [0.5, 0.6) is 0 Å². The van der Waals surface area contributed by atoms with E-state index in [4.69, 9.17) is 4.43 Å². The van der Waals surface area contributed by atoms with Crippen LogP contribution in [0.3, 0.4) is 0 Å². The minimum absolute atomic E-state index is 0.0435.